The van der Waals surface area contributed by atoms with Gasteiger partial charge in [0.1, 0.15) is 6.10 Å². The smallest absolute Gasteiger partial charge is 0.462 e. The molecular weight excluding hydrogens is 301 g/mol. The monoisotopic (exact) mass is 323 g/mol. The quantitative estimate of drug-likeness (QED) is 0.537. The predicted molar refractivity (Wildman–Crippen MR) is 73.7 cm³/mol. The van der Waals surface area contributed by atoms with Crippen molar-refractivity contribution in [2.75, 3.05) is 13.7 Å². The average molecular weight is 323 g/mol. The third kappa shape index (κ3) is 6.93. The maximum atomic E-state index is 12.0. The fourth-order valence-electron chi connectivity index (χ4n) is 1.47. The summed E-state index contributed by atoms with van der Waals surface area (Å²) in [5.41, 5.74) is 0. The van der Waals surface area contributed by atoms with Crippen molar-refractivity contribution in [1.29, 1.82) is 0 Å². The minimum Gasteiger partial charge on any atom is -0.462 e. The fraction of sp³-hybridized carbons (Fsp3) is 0.833. The molecule has 0 radical (unpaired) electrons. The van der Waals surface area contributed by atoms with Crippen LogP contribution in [0.3, 0.4) is 0 Å². The summed E-state index contributed by atoms with van der Waals surface area (Å²) in [7, 11) is -2.70. The van der Waals surface area contributed by atoms with Crippen LogP contribution in [0.25, 0.3) is 0 Å². The van der Waals surface area contributed by atoms with E-state index in [2.05, 4.69) is 14.1 Å². The molecular formula is C12H22NO7P. The summed E-state index contributed by atoms with van der Waals surface area (Å²) < 4.78 is 31.1. The molecule has 1 atom stereocenters. The molecule has 1 unspecified atom stereocenters. The summed E-state index contributed by atoms with van der Waals surface area (Å²) in [4.78, 5) is 22.8. The summed E-state index contributed by atoms with van der Waals surface area (Å²) in [6.07, 6.45) is 1.36. The summed E-state index contributed by atoms with van der Waals surface area (Å²) in [5, 5.41) is 2.40. The van der Waals surface area contributed by atoms with Crippen LogP contribution in [0.2, 0.25) is 0 Å². The van der Waals surface area contributed by atoms with Crippen LogP contribution in [0.5, 0.6) is 0 Å². The first kappa shape index (κ1) is 17.9. The van der Waals surface area contributed by atoms with Crippen molar-refractivity contribution < 1.29 is 32.7 Å². The number of esters is 1. The van der Waals surface area contributed by atoms with Crippen molar-refractivity contribution in [2.24, 2.45) is 0 Å². The van der Waals surface area contributed by atoms with Crippen molar-refractivity contribution in [3.63, 3.8) is 0 Å². The van der Waals surface area contributed by atoms with Gasteiger partial charge < -0.3 is 14.0 Å². The highest BCUT2D eigenvalue weighted by atomic mass is 31.2. The van der Waals surface area contributed by atoms with Crippen LogP contribution in [-0.4, -0.2) is 38.0 Å². The molecule has 0 bridgehead atoms. The highest BCUT2D eigenvalue weighted by Crippen LogP contribution is 2.43. The largest absolute Gasteiger partial charge is 0.516 e. The Labute approximate surface area is 124 Å². The molecule has 21 heavy (non-hydrogen) atoms. The van der Waals surface area contributed by atoms with Crippen LogP contribution in [0.15, 0.2) is 0 Å². The van der Waals surface area contributed by atoms with Crippen molar-refractivity contribution >= 4 is 19.9 Å². The van der Waals surface area contributed by atoms with Crippen molar-refractivity contribution in [3.05, 3.63) is 0 Å². The molecule has 1 N–H and O–H groups in total. The second-order valence-electron chi connectivity index (χ2n) is 4.89. The Morgan fingerprint density at radius 2 is 2.00 bits per heavy atom. The number of carbonyl (C=O) groups is 2. The van der Waals surface area contributed by atoms with Gasteiger partial charge >= 0.3 is 19.9 Å². The molecule has 1 rings (SSSR count). The summed E-state index contributed by atoms with van der Waals surface area (Å²) in [6.45, 7) is 3.26. The maximum Gasteiger partial charge on any atom is 0.516 e. The summed E-state index contributed by atoms with van der Waals surface area (Å²) >= 11 is 0. The van der Waals surface area contributed by atoms with E-state index in [0.717, 1.165) is 26.4 Å². The van der Waals surface area contributed by atoms with E-state index in [-0.39, 0.29) is 25.0 Å². The molecule has 8 nitrogen and oxygen atoms in total. The fourth-order valence-corrected chi connectivity index (χ4v) is 2.37. The van der Waals surface area contributed by atoms with E-state index in [4.69, 9.17) is 9.47 Å². The lowest BCUT2D eigenvalue weighted by Crippen LogP contribution is -2.27. The van der Waals surface area contributed by atoms with Crippen LogP contribution >= 0.6 is 7.75 Å². The van der Waals surface area contributed by atoms with Gasteiger partial charge in [0, 0.05) is 13.7 Å². The lowest BCUT2D eigenvalue weighted by molar-refractivity contribution is -0.152. The molecule has 0 saturated heterocycles. The molecule has 1 fully saturated rings. The molecule has 9 heteroatoms. The molecule has 1 aliphatic rings. The van der Waals surface area contributed by atoms with Crippen molar-refractivity contribution in [1.82, 2.24) is 5.09 Å². The highest BCUT2D eigenvalue weighted by Gasteiger charge is 2.29. The SMILES string of the molecule is COP(=O)(NCCC(=O)OC1CCC1)OC(=O)OC(C)C. The zero-order valence-electron chi connectivity index (χ0n) is 12.5. The van der Waals surface area contributed by atoms with Crippen LogP contribution in [0.4, 0.5) is 4.79 Å². The Hall–Kier alpha value is -1.11. The van der Waals surface area contributed by atoms with E-state index in [9.17, 15) is 14.2 Å². The zero-order chi connectivity index (χ0) is 15.9. The van der Waals surface area contributed by atoms with Crippen molar-refractivity contribution in [3.8, 4) is 0 Å². The minimum atomic E-state index is -3.83. The second kappa shape index (κ2) is 8.36. The van der Waals surface area contributed by atoms with Crippen LogP contribution < -0.4 is 5.09 Å². The molecule has 0 amide bonds. The molecule has 1 aliphatic carbocycles. The van der Waals surface area contributed by atoms with E-state index >= 15 is 0 Å². The molecule has 122 valence electrons. The van der Waals surface area contributed by atoms with Gasteiger partial charge in [-0.15, -0.1) is 0 Å². The van der Waals surface area contributed by atoms with Gasteiger partial charge in [0.2, 0.25) is 0 Å². The molecule has 0 heterocycles. The maximum absolute atomic E-state index is 12.0. The van der Waals surface area contributed by atoms with Crippen LogP contribution in [0.1, 0.15) is 39.5 Å². The van der Waals surface area contributed by atoms with Gasteiger partial charge in [-0.3, -0.25) is 9.32 Å². The van der Waals surface area contributed by atoms with E-state index in [0.29, 0.717) is 0 Å². The molecule has 0 aromatic rings. The van der Waals surface area contributed by atoms with Gasteiger partial charge in [0.25, 0.3) is 0 Å². The van der Waals surface area contributed by atoms with E-state index in [1.54, 1.807) is 13.8 Å². The summed E-state index contributed by atoms with van der Waals surface area (Å²) in [5.74, 6) is -0.389. The van der Waals surface area contributed by atoms with Crippen molar-refractivity contribution in [2.45, 2.75) is 51.7 Å². The van der Waals surface area contributed by atoms with Gasteiger partial charge in [-0.25, -0.2) is 14.4 Å². The Kier molecular flexibility index (Phi) is 7.14. The van der Waals surface area contributed by atoms with E-state index in [1.165, 1.54) is 0 Å². The molecule has 1 saturated carbocycles. The number of hydrogen-bond donors (Lipinski definition) is 1. The second-order valence-corrected chi connectivity index (χ2v) is 6.75. The third-order valence-electron chi connectivity index (χ3n) is 2.75. The van der Waals surface area contributed by atoms with Crippen LogP contribution in [0, 0.1) is 0 Å². The third-order valence-corrected chi connectivity index (χ3v) is 4.23. The lowest BCUT2D eigenvalue weighted by Gasteiger charge is -2.25. The molecule has 0 aromatic carbocycles. The standard InChI is InChI=1S/C12H22NO7P/c1-9(2)18-12(15)20-21(16,17-3)13-8-7-11(14)19-10-5-4-6-10/h9-10H,4-8H2,1-3H3,(H,13,16). The Bertz CT molecular complexity index is 408. The van der Waals surface area contributed by atoms with Gasteiger partial charge in [-0.2, -0.15) is 0 Å². The minimum absolute atomic E-state index is 0.00370. The Balaban J connectivity index is 2.29. The topological polar surface area (TPSA) is 100 Å². The predicted octanol–water partition coefficient (Wildman–Crippen LogP) is 2.38. The Morgan fingerprint density at radius 1 is 1.33 bits per heavy atom. The first-order valence-electron chi connectivity index (χ1n) is 6.85. The molecule has 0 spiro atoms. The number of ether oxygens (including phenoxy) is 2. The number of rotatable bonds is 8. The lowest BCUT2D eigenvalue weighted by atomic mass is 9.96. The number of carbonyl (C=O) groups excluding carboxylic acids is 2. The normalized spacial score (nSPS) is 17.7. The van der Waals surface area contributed by atoms with Gasteiger partial charge in [-0.1, -0.05) is 0 Å². The number of hydrogen-bond acceptors (Lipinski definition) is 7. The van der Waals surface area contributed by atoms with Gasteiger partial charge in [0.05, 0.1) is 12.5 Å². The average Bonchev–Trinajstić information content (AvgIpc) is 2.32. The van der Waals surface area contributed by atoms with Crippen LogP contribution in [-0.2, 0) is 27.9 Å². The Morgan fingerprint density at radius 3 is 2.48 bits per heavy atom. The zero-order valence-corrected chi connectivity index (χ0v) is 13.4. The highest BCUT2D eigenvalue weighted by molar-refractivity contribution is 7.52. The van der Waals surface area contributed by atoms with E-state index < -0.39 is 20.0 Å². The van der Waals surface area contributed by atoms with E-state index in [1.807, 2.05) is 0 Å². The van der Waals surface area contributed by atoms with Gasteiger partial charge in [0.15, 0.2) is 0 Å². The number of nitrogens with one attached hydrogen (secondary N) is 1. The summed E-state index contributed by atoms with van der Waals surface area (Å²) in [6, 6.07) is 0. The first-order valence-corrected chi connectivity index (χ1v) is 8.39. The van der Waals surface area contributed by atoms with Gasteiger partial charge in [-0.05, 0) is 33.1 Å². The molecule has 0 aromatic heterocycles. The molecule has 0 aliphatic heterocycles. The first-order chi connectivity index (χ1) is 9.84.